The first-order valence-electron chi connectivity index (χ1n) is 12.3. The molecule has 2 aromatic heterocycles. The third-order valence-electron chi connectivity index (χ3n) is 7.07. The molecule has 7 nitrogen and oxygen atoms in total. The van der Waals surface area contributed by atoms with E-state index in [2.05, 4.69) is 40.5 Å². The highest BCUT2D eigenvalue weighted by Gasteiger charge is 2.24. The van der Waals surface area contributed by atoms with Crippen LogP contribution in [0.25, 0.3) is 16.6 Å². The van der Waals surface area contributed by atoms with Crippen LogP contribution in [-0.2, 0) is 17.8 Å². The van der Waals surface area contributed by atoms with Crippen molar-refractivity contribution in [3.05, 3.63) is 87.5 Å². The standard InChI is InChI=1S/C28H31N5O2/c1-19-9-10-25(20(2)15-19)33-27-24(17-29-33)21(3)30-32(28(27)35)18-26(34)31-13-11-23(12-14-31)16-22-7-5-4-6-8-22/h4-10,15,17,23H,11-14,16,18H2,1-3H3. The highest BCUT2D eigenvalue weighted by atomic mass is 16.2. The van der Waals surface area contributed by atoms with E-state index in [9.17, 15) is 9.59 Å². The molecule has 5 rings (SSSR count). The van der Waals surface area contributed by atoms with E-state index in [0.29, 0.717) is 35.6 Å². The maximum absolute atomic E-state index is 13.5. The van der Waals surface area contributed by atoms with E-state index in [1.807, 2.05) is 43.9 Å². The summed E-state index contributed by atoms with van der Waals surface area (Å²) in [5, 5.41) is 9.66. The summed E-state index contributed by atoms with van der Waals surface area (Å²) in [4.78, 5) is 28.4. The van der Waals surface area contributed by atoms with Gasteiger partial charge in [0.1, 0.15) is 12.1 Å². The lowest BCUT2D eigenvalue weighted by Crippen LogP contribution is -2.42. The van der Waals surface area contributed by atoms with E-state index in [1.54, 1.807) is 10.9 Å². The van der Waals surface area contributed by atoms with Gasteiger partial charge in [-0.2, -0.15) is 10.2 Å². The number of aryl methyl sites for hydroxylation is 3. The molecule has 1 aliphatic rings. The van der Waals surface area contributed by atoms with E-state index < -0.39 is 0 Å². The maximum atomic E-state index is 13.5. The molecule has 0 spiro atoms. The average molecular weight is 470 g/mol. The predicted octanol–water partition coefficient (Wildman–Crippen LogP) is 3.99. The van der Waals surface area contributed by atoms with Crippen molar-refractivity contribution in [1.82, 2.24) is 24.5 Å². The minimum atomic E-state index is -0.296. The normalized spacial score (nSPS) is 14.5. The van der Waals surface area contributed by atoms with Crippen molar-refractivity contribution in [1.29, 1.82) is 0 Å². The fourth-order valence-electron chi connectivity index (χ4n) is 5.12. The van der Waals surface area contributed by atoms with Gasteiger partial charge in [-0.05, 0) is 63.1 Å². The maximum Gasteiger partial charge on any atom is 0.293 e. The molecular formula is C28H31N5O2. The Bertz CT molecular complexity index is 1430. The van der Waals surface area contributed by atoms with Crippen LogP contribution < -0.4 is 5.56 Å². The molecule has 0 aliphatic carbocycles. The van der Waals surface area contributed by atoms with Crippen molar-refractivity contribution in [2.75, 3.05) is 13.1 Å². The van der Waals surface area contributed by atoms with Crippen molar-refractivity contribution >= 4 is 16.8 Å². The summed E-state index contributed by atoms with van der Waals surface area (Å²) in [6.07, 6.45) is 4.67. The second-order valence-electron chi connectivity index (χ2n) is 9.67. The third kappa shape index (κ3) is 4.63. The van der Waals surface area contributed by atoms with Crippen LogP contribution in [-0.4, -0.2) is 43.5 Å². The van der Waals surface area contributed by atoms with Gasteiger partial charge in [0.05, 0.1) is 17.6 Å². The number of rotatable bonds is 5. The highest BCUT2D eigenvalue weighted by molar-refractivity contribution is 5.82. The smallest absolute Gasteiger partial charge is 0.293 e. The number of aromatic nitrogens is 4. The molecule has 0 saturated carbocycles. The number of likely N-dealkylation sites (tertiary alicyclic amines) is 1. The van der Waals surface area contributed by atoms with E-state index in [-0.39, 0.29) is 18.0 Å². The first-order valence-corrected chi connectivity index (χ1v) is 12.3. The summed E-state index contributed by atoms with van der Waals surface area (Å²) in [6, 6.07) is 16.6. The molecule has 3 heterocycles. The van der Waals surface area contributed by atoms with Gasteiger partial charge in [0.25, 0.3) is 5.56 Å². The fourth-order valence-corrected chi connectivity index (χ4v) is 5.12. The van der Waals surface area contributed by atoms with Crippen LogP contribution in [0, 0.1) is 26.7 Å². The van der Waals surface area contributed by atoms with E-state index in [1.165, 1.54) is 10.2 Å². The SMILES string of the molecule is Cc1ccc(-n2ncc3c(C)nn(CC(=O)N4CCC(Cc5ccccc5)CC4)c(=O)c32)c(C)c1. The van der Waals surface area contributed by atoms with Gasteiger partial charge in [0.2, 0.25) is 5.91 Å². The number of benzene rings is 2. The lowest BCUT2D eigenvalue weighted by Gasteiger charge is -2.32. The number of hydrogen-bond acceptors (Lipinski definition) is 4. The molecule has 0 N–H and O–H groups in total. The lowest BCUT2D eigenvalue weighted by molar-refractivity contribution is -0.133. The van der Waals surface area contributed by atoms with Crippen LogP contribution >= 0.6 is 0 Å². The van der Waals surface area contributed by atoms with Crippen molar-refractivity contribution < 1.29 is 4.79 Å². The number of carbonyl (C=O) groups is 1. The van der Waals surface area contributed by atoms with Crippen LogP contribution in [0.2, 0.25) is 0 Å². The second kappa shape index (κ2) is 9.49. The summed E-state index contributed by atoms with van der Waals surface area (Å²) in [7, 11) is 0. The summed E-state index contributed by atoms with van der Waals surface area (Å²) >= 11 is 0. The molecule has 0 radical (unpaired) electrons. The topological polar surface area (TPSA) is 73.0 Å². The molecule has 0 unspecified atom stereocenters. The molecule has 1 saturated heterocycles. The van der Waals surface area contributed by atoms with E-state index in [0.717, 1.165) is 36.1 Å². The predicted molar refractivity (Wildman–Crippen MR) is 137 cm³/mol. The molecule has 1 amide bonds. The number of nitrogens with zero attached hydrogens (tertiary/aromatic N) is 5. The van der Waals surface area contributed by atoms with E-state index >= 15 is 0 Å². The number of amides is 1. The van der Waals surface area contributed by atoms with Crippen molar-refractivity contribution in [3.63, 3.8) is 0 Å². The third-order valence-corrected chi connectivity index (χ3v) is 7.07. The van der Waals surface area contributed by atoms with Crippen LogP contribution in [0.15, 0.2) is 59.5 Å². The Hall–Kier alpha value is -3.74. The minimum absolute atomic E-state index is 0.0585. The zero-order valence-electron chi connectivity index (χ0n) is 20.6. The zero-order chi connectivity index (χ0) is 24.5. The first-order chi connectivity index (χ1) is 16.9. The largest absolute Gasteiger partial charge is 0.341 e. The lowest BCUT2D eigenvalue weighted by atomic mass is 9.90. The number of piperidine rings is 1. The Morgan fingerprint density at radius 1 is 1.03 bits per heavy atom. The average Bonchev–Trinajstić information content (AvgIpc) is 3.29. The summed E-state index contributed by atoms with van der Waals surface area (Å²) in [6.45, 7) is 7.27. The molecule has 1 fully saturated rings. The van der Waals surface area contributed by atoms with E-state index in [4.69, 9.17) is 0 Å². The Labute approximate surface area is 205 Å². The van der Waals surface area contributed by atoms with Gasteiger partial charge in [0, 0.05) is 18.5 Å². The van der Waals surface area contributed by atoms with Crippen molar-refractivity contribution in [3.8, 4) is 5.69 Å². The fraction of sp³-hybridized carbons (Fsp3) is 0.357. The molecule has 180 valence electrons. The summed E-state index contributed by atoms with van der Waals surface area (Å²) < 4.78 is 2.98. The molecule has 4 aromatic rings. The molecule has 1 aliphatic heterocycles. The quantitative estimate of drug-likeness (QED) is 0.443. The van der Waals surface area contributed by atoms with Crippen molar-refractivity contribution in [2.45, 2.75) is 46.6 Å². The van der Waals surface area contributed by atoms with Gasteiger partial charge >= 0.3 is 0 Å². The van der Waals surface area contributed by atoms with Crippen molar-refractivity contribution in [2.24, 2.45) is 5.92 Å². The van der Waals surface area contributed by atoms with Gasteiger partial charge in [-0.1, -0.05) is 48.0 Å². The molecule has 2 aromatic carbocycles. The highest BCUT2D eigenvalue weighted by Crippen LogP contribution is 2.23. The number of fused-ring (bicyclic) bond motifs is 1. The summed E-state index contributed by atoms with van der Waals surface area (Å²) in [5.41, 5.74) is 5.23. The molecule has 35 heavy (non-hydrogen) atoms. The molecule has 7 heteroatoms. The Morgan fingerprint density at radius 2 is 1.77 bits per heavy atom. The van der Waals surface area contributed by atoms with Gasteiger partial charge in [0.15, 0.2) is 0 Å². The second-order valence-corrected chi connectivity index (χ2v) is 9.67. The Morgan fingerprint density at radius 3 is 2.49 bits per heavy atom. The Kier molecular flexibility index (Phi) is 6.24. The van der Waals surface area contributed by atoms with Gasteiger partial charge < -0.3 is 4.90 Å². The molecule has 0 bridgehead atoms. The molecule has 0 atom stereocenters. The van der Waals surface area contributed by atoms with Gasteiger partial charge in [-0.15, -0.1) is 0 Å². The number of carbonyl (C=O) groups excluding carboxylic acids is 1. The van der Waals surface area contributed by atoms with Gasteiger partial charge in [-0.3, -0.25) is 9.59 Å². The monoisotopic (exact) mass is 469 g/mol. The number of hydrogen-bond donors (Lipinski definition) is 0. The zero-order valence-corrected chi connectivity index (χ0v) is 20.6. The van der Waals surface area contributed by atoms with Crippen LogP contribution in [0.3, 0.4) is 0 Å². The van der Waals surface area contributed by atoms with Crippen LogP contribution in [0.4, 0.5) is 0 Å². The minimum Gasteiger partial charge on any atom is -0.341 e. The van der Waals surface area contributed by atoms with Crippen LogP contribution in [0.5, 0.6) is 0 Å². The molecular weight excluding hydrogens is 438 g/mol. The summed E-state index contributed by atoms with van der Waals surface area (Å²) in [5.74, 6) is 0.516. The van der Waals surface area contributed by atoms with Crippen LogP contribution in [0.1, 0.15) is 35.2 Å². The van der Waals surface area contributed by atoms with Gasteiger partial charge in [-0.25, -0.2) is 9.36 Å². The first kappa shape index (κ1) is 23.0. The Balaban J connectivity index is 1.34.